The van der Waals surface area contributed by atoms with Crippen molar-refractivity contribution >= 4 is 29.1 Å². The van der Waals surface area contributed by atoms with Crippen molar-refractivity contribution in [1.29, 1.82) is 0 Å². The highest BCUT2D eigenvalue weighted by Crippen LogP contribution is 2.46. The SMILES string of the molecule is CCc1cc(Cl)cc(OC)c1C1=C(OC(C)=O)C2(CCC(OC)CC2)NC1=O. The number of halogens is 1. The lowest BCUT2D eigenvalue weighted by Gasteiger charge is -2.37. The maximum atomic E-state index is 13.1. The summed E-state index contributed by atoms with van der Waals surface area (Å²) in [7, 11) is 3.23. The summed E-state index contributed by atoms with van der Waals surface area (Å²) < 4.78 is 16.7. The second kappa shape index (κ2) is 8.13. The van der Waals surface area contributed by atoms with E-state index in [1.165, 1.54) is 14.0 Å². The monoisotopic (exact) mass is 407 g/mol. The summed E-state index contributed by atoms with van der Waals surface area (Å²) in [6.45, 7) is 3.33. The van der Waals surface area contributed by atoms with Crippen LogP contribution < -0.4 is 10.1 Å². The van der Waals surface area contributed by atoms with Gasteiger partial charge >= 0.3 is 5.97 Å². The Morgan fingerprint density at radius 1 is 1.29 bits per heavy atom. The number of carbonyl (C=O) groups excluding carboxylic acids is 2. The van der Waals surface area contributed by atoms with Crippen LogP contribution in [0.15, 0.2) is 17.9 Å². The third-order valence-electron chi connectivity index (χ3n) is 5.61. The summed E-state index contributed by atoms with van der Waals surface area (Å²) in [5, 5.41) is 3.63. The van der Waals surface area contributed by atoms with Crippen LogP contribution in [0.5, 0.6) is 5.75 Å². The number of nitrogens with one attached hydrogen (secondary N) is 1. The van der Waals surface area contributed by atoms with Gasteiger partial charge in [0.05, 0.1) is 24.3 Å². The van der Waals surface area contributed by atoms with Crippen LogP contribution in [-0.4, -0.2) is 37.7 Å². The molecular weight excluding hydrogens is 382 g/mol. The Morgan fingerprint density at radius 3 is 2.50 bits per heavy atom. The first-order valence-electron chi connectivity index (χ1n) is 9.50. The molecule has 3 rings (SSSR count). The predicted molar refractivity (Wildman–Crippen MR) is 106 cm³/mol. The lowest BCUT2D eigenvalue weighted by atomic mass is 9.79. The van der Waals surface area contributed by atoms with E-state index in [9.17, 15) is 9.59 Å². The van der Waals surface area contributed by atoms with Gasteiger partial charge in [0.1, 0.15) is 11.5 Å². The average Bonchev–Trinajstić information content (AvgIpc) is 2.92. The lowest BCUT2D eigenvalue weighted by Crippen LogP contribution is -2.49. The zero-order valence-electron chi connectivity index (χ0n) is 16.7. The van der Waals surface area contributed by atoms with E-state index in [1.54, 1.807) is 13.2 Å². The largest absolute Gasteiger partial charge is 0.496 e. The molecule has 0 atom stereocenters. The van der Waals surface area contributed by atoms with Crippen LogP contribution in [0.4, 0.5) is 0 Å². The normalized spacial score (nSPS) is 24.5. The van der Waals surface area contributed by atoms with Gasteiger partial charge in [-0.05, 0) is 49.8 Å². The maximum absolute atomic E-state index is 13.1. The molecule has 1 saturated carbocycles. The number of ether oxygens (including phenoxy) is 3. The van der Waals surface area contributed by atoms with Crippen LogP contribution >= 0.6 is 11.6 Å². The van der Waals surface area contributed by atoms with Crippen molar-refractivity contribution in [2.75, 3.05) is 14.2 Å². The fourth-order valence-electron chi connectivity index (χ4n) is 4.23. The molecule has 7 heteroatoms. The first-order valence-corrected chi connectivity index (χ1v) is 9.88. The highest BCUT2D eigenvalue weighted by Gasteiger charge is 2.50. The summed E-state index contributed by atoms with van der Waals surface area (Å²) in [4.78, 5) is 25.1. The van der Waals surface area contributed by atoms with Gasteiger partial charge in [-0.15, -0.1) is 0 Å². The van der Waals surface area contributed by atoms with E-state index in [1.807, 2.05) is 13.0 Å². The number of aryl methyl sites for hydroxylation is 1. The molecule has 6 nitrogen and oxygen atoms in total. The summed E-state index contributed by atoms with van der Waals surface area (Å²) in [5.41, 5.74) is 1.15. The zero-order chi connectivity index (χ0) is 20.5. The minimum Gasteiger partial charge on any atom is -0.496 e. The third-order valence-corrected chi connectivity index (χ3v) is 5.82. The first kappa shape index (κ1) is 20.7. The van der Waals surface area contributed by atoms with Crippen molar-refractivity contribution in [3.63, 3.8) is 0 Å². The van der Waals surface area contributed by atoms with E-state index in [2.05, 4.69) is 5.32 Å². The molecule has 1 heterocycles. The molecule has 1 spiro atoms. The quantitative estimate of drug-likeness (QED) is 0.754. The number of amides is 1. The van der Waals surface area contributed by atoms with Gasteiger partial charge in [-0.2, -0.15) is 0 Å². The van der Waals surface area contributed by atoms with E-state index in [0.717, 1.165) is 18.4 Å². The van der Waals surface area contributed by atoms with Crippen molar-refractivity contribution in [3.05, 3.63) is 34.0 Å². The zero-order valence-corrected chi connectivity index (χ0v) is 17.4. The third kappa shape index (κ3) is 3.63. The molecule has 1 aromatic rings. The van der Waals surface area contributed by atoms with Gasteiger partial charge in [-0.3, -0.25) is 9.59 Å². The van der Waals surface area contributed by atoms with Crippen LogP contribution in [0, 0.1) is 0 Å². The molecule has 28 heavy (non-hydrogen) atoms. The smallest absolute Gasteiger partial charge is 0.307 e. The number of carbonyl (C=O) groups is 2. The summed E-state index contributed by atoms with van der Waals surface area (Å²) in [5.74, 6) is 0.155. The summed E-state index contributed by atoms with van der Waals surface area (Å²) >= 11 is 6.22. The average molecular weight is 408 g/mol. The summed E-state index contributed by atoms with van der Waals surface area (Å²) in [6.07, 6.45) is 3.61. The van der Waals surface area contributed by atoms with Gasteiger partial charge < -0.3 is 19.5 Å². The Morgan fingerprint density at radius 2 is 1.96 bits per heavy atom. The predicted octanol–water partition coefficient (Wildman–Crippen LogP) is 3.64. The van der Waals surface area contributed by atoms with E-state index < -0.39 is 11.5 Å². The number of rotatable bonds is 5. The number of benzene rings is 1. The second-order valence-electron chi connectivity index (χ2n) is 7.26. The number of methoxy groups -OCH3 is 2. The molecule has 1 aliphatic heterocycles. The molecule has 0 saturated heterocycles. The van der Waals surface area contributed by atoms with Gasteiger partial charge in [0.25, 0.3) is 5.91 Å². The van der Waals surface area contributed by atoms with Gasteiger partial charge in [0.15, 0.2) is 0 Å². The van der Waals surface area contributed by atoms with Crippen molar-refractivity contribution in [1.82, 2.24) is 5.32 Å². The minimum absolute atomic E-state index is 0.140. The van der Waals surface area contributed by atoms with Crippen molar-refractivity contribution in [2.24, 2.45) is 0 Å². The minimum atomic E-state index is -0.706. The van der Waals surface area contributed by atoms with Crippen LogP contribution in [-0.2, 0) is 25.5 Å². The highest BCUT2D eigenvalue weighted by molar-refractivity contribution is 6.31. The Bertz CT molecular complexity index is 799. The number of hydrogen-bond acceptors (Lipinski definition) is 5. The van der Waals surface area contributed by atoms with Crippen molar-refractivity contribution in [3.8, 4) is 5.75 Å². The molecule has 2 aliphatic rings. The van der Waals surface area contributed by atoms with E-state index in [0.29, 0.717) is 46.9 Å². The topological polar surface area (TPSA) is 73.9 Å². The standard InChI is InChI=1S/C21H26ClNO5/c1-5-13-10-14(22)11-16(27-4)17(13)18-19(28-12(2)24)21(23-20(18)25)8-6-15(26-3)7-9-21/h10-11,15H,5-9H2,1-4H3,(H,23,25). The Hall–Kier alpha value is -2.05. The molecule has 1 fully saturated rings. The maximum Gasteiger partial charge on any atom is 0.307 e. The molecule has 0 unspecified atom stereocenters. The van der Waals surface area contributed by atoms with E-state index in [-0.39, 0.29) is 12.0 Å². The number of esters is 1. The molecular formula is C21H26ClNO5. The second-order valence-corrected chi connectivity index (χ2v) is 7.70. The number of hydrogen-bond donors (Lipinski definition) is 1. The molecule has 1 amide bonds. The Kier molecular flexibility index (Phi) is 6.01. The van der Waals surface area contributed by atoms with Gasteiger partial charge in [-0.1, -0.05) is 18.5 Å². The fourth-order valence-corrected chi connectivity index (χ4v) is 4.46. The van der Waals surface area contributed by atoms with Gasteiger partial charge in [0.2, 0.25) is 0 Å². The van der Waals surface area contributed by atoms with Gasteiger partial charge in [-0.25, -0.2) is 0 Å². The van der Waals surface area contributed by atoms with E-state index >= 15 is 0 Å². The van der Waals surface area contributed by atoms with E-state index in [4.69, 9.17) is 25.8 Å². The molecule has 1 aromatic carbocycles. The molecule has 1 aliphatic carbocycles. The van der Waals surface area contributed by atoms with Crippen molar-refractivity contribution < 1.29 is 23.8 Å². The first-order chi connectivity index (χ1) is 13.3. The van der Waals surface area contributed by atoms with Crippen LogP contribution in [0.25, 0.3) is 5.57 Å². The molecule has 0 aromatic heterocycles. The molecule has 0 bridgehead atoms. The molecule has 152 valence electrons. The Balaban J connectivity index is 2.20. The Labute approximate surface area is 170 Å². The van der Waals surface area contributed by atoms with Crippen LogP contribution in [0.1, 0.15) is 50.7 Å². The lowest BCUT2D eigenvalue weighted by molar-refractivity contribution is -0.138. The summed E-state index contributed by atoms with van der Waals surface area (Å²) in [6, 6.07) is 3.49. The highest BCUT2D eigenvalue weighted by atomic mass is 35.5. The molecule has 1 N–H and O–H groups in total. The van der Waals surface area contributed by atoms with Crippen molar-refractivity contribution in [2.45, 2.75) is 57.6 Å². The fraction of sp³-hybridized carbons (Fsp3) is 0.524. The van der Waals surface area contributed by atoms with Crippen LogP contribution in [0.3, 0.4) is 0 Å². The molecule has 0 radical (unpaired) electrons. The van der Waals surface area contributed by atoms with Gasteiger partial charge in [0, 0.05) is 24.6 Å². The van der Waals surface area contributed by atoms with Crippen LogP contribution in [0.2, 0.25) is 5.02 Å².